The van der Waals surface area contributed by atoms with E-state index in [1.54, 1.807) is 31.3 Å². The van der Waals surface area contributed by atoms with Crippen LogP contribution in [-0.4, -0.2) is 23.0 Å². The van der Waals surface area contributed by atoms with E-state index in [0.29, 0.717) is 24.2 Å². The Labute approximate surface area is 121 Å². The molecule has 3 nitrogen and oxygen atoms in total. The molecule has 0 bridgehead atoms. The second-order valence-corrected chi connectivity index (χ2v) is 4.88. The predicted octanol–water partition coefficient (Wildman–Crippen LogP) is 3.30. The lowest BCUT2D eigenvalue weighted by molar-refractivity contribution is 0.0692. The minimum atomic E-state index is -1.29. The van der Waals surface area contributed by atoms with Gasteiger partial charge in [-0.25, -0.2) is 13.6 Å². The zero-order valence-corrected chi connectivity index (χ0v) is 11.5. The van der Waals surface area contributed by atoms with Crippen molar-refractivity contribution in [3.63, 3.8) is 0 Å². The quantitative estimate of drug-likeness (QED) is 0.919. The maximum absolute atomic E-state index is 13.6. The van der Waals surface area contributed by atoms with Crippen molar-refractivity contribution < 1.29 is 18.7 Å². The Morgan fingerprint density at radius 3 is 2.43 bits per heavy atom. The smallest absolute Gasteiger partial charge is 0.338 e. The minimum Gasteiger partial charge on any atom is -0.478 e. The summed E-state index contributed by atoms with van der Waals surface area (Å²) in [6.45, 7) is 0.778. The number of nitrogens with zero attached hydrogens (tertiary/aromatic N) is 1. The second kappa shape index (κ2) is 6.45. The van der Waals surface area contributed by atoms with Crippen LogP contribution in [0.1, 0.15) is 21.5 Å². The van der Waals surface area contributed by atoms with Gasteiger partial charge in [0.15, 0.2) is 0 Å². The maximum atomic E-state index is 13.6. The third-order valence-corrected chi connectivity index (χ3v) is 3.11. The molecular weight excluding hydrogens is 276 g/mol. The van der Waals surface area contributed by atoms with E-state index < -0.39 is 11.8 Å². The summed E-state index contributed by atoms with van der Waals surface area (Å²) in [6.07, 6.45) is 0. The molecule has 2 aromatic carbocycles. The van der Waals surface area contributed by atoms with Crippen molar-refractivity contribution in [1.82, 2.24) is 4.90 Å². The number of carboxylic acid groups (broad SMARTS) is 1. The van der Waals surface area contributed by atoms with E-state index in [0.717, 1.165) is 0 Å². The lowest BCUT2D eigenvalue weighted by atomic mass is 10.1. The lowest BCUT2D eigenvalue weighted by Crippen LogP contribution is -2.18. The van der Waals surface area contributed by atoms with Gasteiger partial charge in [0, 0.05) is 18.7 Å². The van der Waals surface area contributed by atoms with Gasteiger partial charge < -0.3 is 5.11 Å². The zero-order valence-electron chi connectivity index (χ0n) is 11.5. The molecule has 0 unspecified atom stereocenters. The van der Waals surface area contributed by atoms with Gasteiger partial charge in [0.2, 0.25) is 0 Å². The monoisotopic (exact) mass is 291 g/mol. The van der Waals surface area contributed by atoms with Gasteiger partial charge in [0.1, 0.15) is 11.6 Å². The minimum absolute atomic E-state index is 0.281. The van der Waals surface area contributed by atoms with Gasteiger partial charge in [0.25, 0.3) is 0 Å². The molecule has 0 radical (unpaired) electrons. The van der Waals surface area contributed by atoms with E-state index in [1.165, 1.54) is 18.2 Å². The number of rotatable bonds is 5. The summed E-state index contributed by atoms with van der Waals surface area (Å²) in [5.41, 5.74) is 0.842. The van der Waals surface area contributed by atoms with E-state index in [9.17, 15) is 13.6 Å². The number of hydrogen-bond acceptors (Lipinski definition) is 2. The first-order valence-corrected chi connectivity index (χ1v) is 6.41. The molecule has 0 fully saturated rings. The molecule has 0 saturated heterocycles. The van der Waals surface area contributed by atoms with Crippen LogP contribution in [0.15, 0.2) is 42.5 Å². The average molecular weight is 291 g/mol. The standard InChI is InChI=1S/C16H15F2NO2/c1-19(10-12-4-2-3-5-14(12)17)9-11-6-7-13(16(20)21)15(18)8-11/h2-8H,9-10H2,1H3,(H,20,21). The molecule has 0 aliphatic rings. The Hall–Kier alpha value is -2.27. The van der Waals surface area contributed by atoms with Crippen LogP contribution in [0, 0.1) is 11.6 Å². The highest BCUT2D eigenvalue weighted by Gasteiger charge is 2.12. The number of halogens is 2. The number of carboxylic acids is 1. The van der Waals surface area contributed by atoms with Gasteiger partial charge in [-0.1, -0.05) is 24.3 Å². The summed E-state index contributed by atoms with van der Waals surface area (Å²) in [4.78, 5) is 12.6. The summed E-state index contributed by atoms with van der Waals surface area (Å²) in [5, 5.41) is 8.77. The highest BCUT2D eigenvalue weighted by molar-refractivity contribution is 5.87. The Morgan fingerprint density at radius 2 is 1.81 bits per heavy atom. The fourth-order valence-electron chi connectivity index (χ4n) is 2.12. The van der Waals surface area contributed by atoms with Crippen molar-refractivity contribution in [3.05, 3.63) is 70.8 Å². The number of hydrogen-bond donors (Lipinski definition) is 1. The topological polar surface area (TPSA) is 40.5 Å². The molecule has 21 heavy (non-hydrogen) atoms. The Bertz CT molecular complexity index is 658. The molecule has 0 amide bonds. The summed E-state index contributed by atoms with van der Waals surface area (Å²) in [7, 11) is 1.79. The first-order valence-electron chi connectivity index (χ1n) is 6.41. The highest BCUT2D eigenvalue weighted by Crippen LogP contribution is 2.14. The van der Waals surface area contributed by atoms with E-state index >= 15 is 0 Å². The molecule has 0 aliphatic carbocycles. The van der Waals surface area contributed by atoms with Gasteiger partial charge in [0.05, 0.1) is 5.56 Å². The van der Waals surface area contributed by atoms with Gasteiger partial charge in [-0.15, -0.1) is 0 Å². The molecule has 1 N–H and O–H groups in total. The van der Waals surface area contributed by atoms with Crippen molar-refractivity contribution in [3.8, 4) is 0 Å². The molecule has 2 rings (SSSR count). The Kier molecular flexibility index (Phi) is 4.65. The van der Waals surface area contributed by atoms with Gasteiger partial charge in [-0.3, -0.25) is 4.90 Å². The van der Waals surface area contributed by atoms with Crippen LogP contribution in [-0.2, 0) is 13.1 Å². The third-order valence-electron chi connectivity index (χ3n) is 3.11. The van der Waals surface area contributed by atoms with E-state index in [-0.39, 0.29) is 11.4 Å². The molecule has 110 valence electrons. The molecular formula is C16H15F2NO2. The van der Waals surface area contributed by atoms with Crippen LogP contribution < -0.4 is 0 Å². The third kappa shape index (κ3) is 3.86. The molecule has 0 atom stereocenters. The van der Waals surface area contributed by atoms with Crippen LogP contribution in [0.3, 0.4) is 0 Å². The van der Waals surface area contributed by atoms with Gasteiger partial charge >= 0.3 is 5.97 Å². The molecule has 2 aromatic rings. The lowest BCUT2D eigenvalue weighted by Gasteiger charge is -2.17. The van der Waals surface area contributed by atoms with Crippen LogP contribution in [0.4, 0.5) is 8.78 Å². The maximum Gasteiger partial charge on any atom is 0.338 e. The summed E-state index contributed by atoms with van der Waals surface area (Å²) < 4.78 is 27.1. The van der Waals surface area contributed by atoms with Crippen molar-refractivity contribution >= 4 is 5.97 Å². The van der Waals surface area contributed by atoms with Crippen molar-refractivity contribution in [2.24, 2.45) is 0 Å². The Morgan fingerprint density at radius 1 is 1.10 bits per heavy atom. The van der Waals surface area contributed by atoms with Crippen LogP contribution in [0.2, 0.25) is 0 Å². The summed E-state index contributed by atoms with van der Waals surface area (Å²) >= 11 is 0. The first kappa shape index (κ1) is 15.1. The predicted molar refractivity (Wildman–Crippen MR) is 74.9 cm³/mol. The van der Waals surface area contributed by atoms with Crippen molar-refractivity contribution in [2.45, 2.75) is 13.1 Å². The van der Waals surface area contributed by atoms with Crippen molar-refractivity contribution in [2.75, 3.05) is 7.05 Å². The summed E-state index contributed by atoms with van der Waals surface area (Å²) in [5.74, 6) is -2.34. The molecule has 0 spiro atoms. The summed E-state index contributed by atoms with van der Waals surface area (Å²) in [6, 6.07) is 10.5. The van der Waals surface area contributed by atoms with Crippen molar-refractivity contribution in [1.29, 1.82) is 0 Å². The van der Waals surface area contributed by atoms with Crippen LogP contribution in [0.5, 0.6) is 0 Å². The normalized spacial score (nSPS) is 10.9. The van der Waals surface area contributed by atoms with E-state index in [4.69, 9.17) is 5.11 Å². The SMILES string of the molecule is CN(Cc1ccc(C(=O)O)c(F)c1)Cc1ccccc1F. The van der Waals surface area contributed by atoms with Crippen LogP contribution in [0.25, 0.3) is 0 Å². The molecule has 0 aliphatic heterocycles. The first-order chi connectivity index (χ1) is 9.97. The van der Waals surface area contributed by atoms with Gasteiger partial charge in [-0.05, 0) is 30.8 Å². The second-order valence-electron chi connectivity index (χ2n) is 4.88. The van der Waals surface area contributed by atoms with E-state index in [2.05, 4.69) is 0 Å². The fourth-order valence-corrected chi connectivity index (χ4v) is 2.12. The fraction of sp³-hybridized carbons (Fsp3) is 0.188. The number of carbonyl (C=O) groups is 1. The van der Waals surface area contributed by atoms with E-state index in [1.807, 2.05) is 4.90 Å². The molecule has 0 heterocycles. The molecule has 5 heteroatoms. The largest absolute Gasteiger partial charge is 0.478 e. The number of benzene rings is 2. The van der Waals surface area contributed by atoms with Crippen LogP contribution >= 0.6 is 0 Å². The molecule has 0 aromatic heterocycles. The number of aromatic carboxylic acids is 1. The molecule has 0 saturated carbocycles. The zero-order chi connectivity index (χ0) is 15.4. The van der Waals surface area contributed by atoms with Gasteiger partial charge in [-0.2, -0.15) is 0 Å². The highest BCUT2D eigenvalue weighted by atomic mass is 19.1. The average Bonchev–Trinajstić information content (AvgIpc) is 2.41. The Balaban J connectivity index is 2.06.